The minimum atomic E-state index is -0.529. The van der Waals surface area contributed by atoms with Crippen LogP contribution >= 0.6 is 0 Å². The van der Waals surface area contributed by atoms with Crippen LogP contribution in [-0.2, 0) is 0 Å². The number of aliphatic hydroxyl groups is 1. The fourth-order valence-electron chi connectivity index (χ4n) is 1.64. The fraction of sp³-hybridized carbons (Fsp3) is 0.500. The predicted octanol–water partition coefficient (Wildman–Crippen LogP) is 1.93. The number of nitrogens with zero attached hydrogens (tertiary/aromatic N) is 1. The second-order valence-electron chi connectivity index (χ2n) is 4.41. The molecule has 1 aromatic carbocycles. The highest BCUT2D eigenvalue weighted by Gasteiger charge is 2.13. The molecule has 0 fully saturated rings. The summed E-state index contributed by atoms with van der Waals surface area (Å²) in [7, 11) is 1.68. The summed E-state index contributed by atoms with van der Waals surface area (Å²) in [6, 6.07) is 7.12. The molecule has 1 atom stereocenters. The molecule has 0 radical (unpaired) electrons. The number of likely N-dealkylation sites (N-methyl/N-ethyl adjacent to an activating group) is 1. The number of hydrogen-bond donors (Lipinski definition) is 1. The molecule has 0 aliphatic carbocycles. The van der Waals surface area contributed by atoms with Crippen molar-refractivity contribution in [3.63, 3.8) is 0 Å². The number of ether oxygens (including phenoxy) is 1. The molecule has 1 rings (SSSR count). The molecule has 0 aliphatic heterocycles. The number of hydrogen-bond acceptors (Lipinski definition) is 3. The first kappa shape index (κ1) is 14.5. The first-order chi connectivity index (χ1) is 8.54. The lowest BCUT2D eigenvalue weighted by atomic mass is 10.2. The van der Waals surface area contributed by atoms with Gasteiger partial charge in [-0.15, -0.1) is 0 Å². The van der Waals surface area contributed by atoms with E-state index in [4.69, 9.17) is 4.74 Å². The van der Waals surface area contributed by atoms with Crippen molar-refractivity contribution >= 4 is 5.91 Å². The summed E-state index contributed by atoms with van der Waals surface area (Å²) in [6.07, 6.45) is 0.401. The minimum Gasteiger partial charge on any atom is -0.494 e. The third-order valence-corrected chi connectivity index (χ3v) is 2.44. The minimum absolute atomic E-state index is 0.113. The molecule has 1 aromatic rings. The van der Waals surface area contributed by atoms with Crippen molar-refractivity contribution in [2.24, 2.45) is 0 Å². The van der Waals surface area contributed by atoms with E-state index in [0.717, 1.165) is 6.42 Å². The average Bonchev–Trinajstić information content (AvgIpc) is 2.35. The maximum absolute atomic E-state index is 12.1. The van der Waals surface area contributed by atoms with Crippen LogP contribution in [-0.4, -0.2) is 42.2 Å². The van der Waals surface area contributed by atoms with Crippen LogP contribution in [0.2, 0.25) is 0 Å². The zero-order valence-electron chi connectivity index (χ0n) is 11.2. The van der Waals surface area contributed by atoms with E-state index in [1.54, 1.807) is 32.2 Å². The van der Waals surface area contributed by atoms with Crippen LogP contribution < -0.4 is 4.74 Å². The topological polar surface area (TPSA) is 49.8 Å². The molecule has 0 spiro atoms. The van der Waals surface area contributed by atoms with Crippen molar-refractivity contribution in [2.75, 3.05) is 20.2 Å². The molecule has 0 aliphatic rings. The van der Waals surface area contributed by atoms with Crippen molar-refractivity contribution in [1.29, 1.82) is 0 Å². The Labute approximate surface area is 108 Å². The Balaban J connectivity index is 2.73. The maximum atomic E-state index is 12.1. The Morgan fingerprint density at radius 1 is 1.50 bits per heavy atom. The molecule has 100 valence electrons. The highest BCUT2D eigenvalue weighted by molar-refractivity contribution is 5.94. The summed E-state index contributed by atoms with van der Waals surface area (Å²) in [4.78, 5) is 13.6. The lowest BCUT2D eigenvalue weighted by Crippen LogP contribution is -2.33. The molecule has 4 heteroatoms. The molecule has 1 amide bonds. The molecule has 4 nitrogen and oxygen atoms in total. The molecular formula is C14H21NO3. The van der Waals surface area contributed by atoms with E-state index >= 15 is 0 Å². The number of rotatable bonds is 6. The van der Waals surface area contributed by atoms with E-state index < -0.39 is 6.10 Å². The van der Waals surface area contributed by atoms with Gasteiger partial charge in [0.1, 0.15) is 5.75 Å². The van der Waals surface area contributed by atoms with Gasteiger partial charge in [-0.25, -0.2) is 0 Å². The highest BCUT2D eigenvalue weighted by atomic mass is 16.5. The number of benzene rings is 1. The lowest BCUT2D eigenvalue weighted by molar-refractivity contribution is 0.0703. The maximum Gasteiger partial charge on any atom is 0.253 e. The Morgan fingerprint density at radius 2 is 2.22 bits per heavy atom. The largest absolute Gasteiger partial charge is 0.494 e. The molecule has 0 bridgehead atoms. The third-order valence-electron chi connectivity index (χ3n) is 2.44. The van der Waals surface area contributed by atoms with Gasteiger partial charge in [0.05, 0.1) is 12.7 Å². The summed E-state index contributed by atoms with van der Waals surface area (Å²) < 4.78 is 5.49. The zero-order chi connectivity index (χ0) is 13.5. The van der Waals surface area contributed by atoms with Crippen molar-refractivity contribution in [3.8, 4) is 5.75 Å². The summed E-state index contributed by atoms with van der Waals surface area (Å²) >= 11 is 0. The molecule has 0 aromatic heterocycles. The Morgan fingerprint density at radius 3 is 2.83 bits per heavy atom. The summed E-state index contributed by atoms with van der Waals surface area (Å²) in [5, 5.41) is 9.27. The molecular weight excluding hydrogens is 230 g/mol. The van der Waals surface area contributed by atoms with E-state index in [0.29, 0.717) is 24.5 Å². The van der Waals surface area contributed by atoms with Gasteiger partial charge in [-0.3, -0.25) is 4.79 Å². The van der Waals surface area contributed by atoms with Gasteiger partial charge in [0.15, 0.2) is 0 Å². The molecule has 18 heavy (non-hydrogen) atoms. The predicted molar refractivity (Wildman–Crippen MR) is 70.9 cm³/mol. The average molecular weight is 251 g/mol. The standard InChI is InChI=1S/C14H21NO3/c1-4-8-18-13-7-5-6-12(9-13)14(17)15(3)10-11(2)16/h5-7,9,11,16H,4,8,10H2,1-3H3. The second kappa shape index (κ2) is 7.01. The van der Waals surface area contributed by atoms with Gasteiger partial charge < -0.3 is 14.7 Å². The van der Waals surface area contributed by atoms with E-state index in [1.165, 1.54) is 4.90 Å². The monoisotopic (exact) mass is 251 g/mol. The van der Waals surface area contributed by atoms with Gasteiger partial charge in [-0.2, -0.15) is 0 Å². The highest BCUT2D eigenvalue weighted by Crippen LogP contribution is 2.15. The number of carbonyl (C=O) groups excluding carboxylic acids is 1. The third kappa shape index (κ3) is 4.37. The van der Waals surface area contributed by atoms with Gasteiger partial charge in [0.25, 0.3) is 5.91 Å². The van der Waals surface area contributed by atoms with E-state index in [1.807, 2.05) is 13.0 Å². The second-order valence-corrected chi connectivity index (χ2v) is 4.41. The summed E-state index contributed by atoms with van der Waals surface area (Å²) in [6.45, 7) is 4.65. The van der Waals surface area contributed by atoms with Crippen LogP contribution in [0.1, 0.15) is 30.6 Å². The first-order valence-corrected chi connectivity index (χ1v) is 6.21. The van der Waals surface area contributed by atoms with Crippen LogP contribution in [0.25, 0.3) is 0 Å². The van der Waals surface area contributed by atoms with E-state index in [9.17, 15) is 9.90 Å². The Bertz CT molecular complexity index is 390. The fourth-order valence-corrected chi connectivity index (χ4v) is 1.64. The van der Waals surface area contributed by atoms with E-state index in [-0.39, 0.29) is 5.91 Å². The van der Waals surface area contributed by atoms with Crippen molar-refractivity contribution in [1.82, 2.24) is 4.90 Å². The van der Waals surface area contributed by atoms with Crippen LogP contribution in [0.5, 0.6) is 5.75 Å². The van der Waals surface area contributed by atoms with Gasteiger partial charge in [-0.05, 0) is 31.5 Å². The van der Waals surface area contributed by atoms with Crippen LogP contribution in [0.4, 0.5) is 0 Å². The normalized spacial score (nSPS) is 12.0. The van der Waals surface area contributed by atoms with Crippen LogP contribution in [0, 0.1) is 0 Å². The van der Waals surface area contributed by atoms with Crippen LogP contribution in [0.15, 0.2) is 24.3 Å². The summed E-state index contributed by atoms with van der Waals surface area (Å²) in [5.74, 6) is 0.589. The molecule has 0 saturated carbocycles. The quantitative estimate of drug-likeness (QED) is 0.840. The smallest absolute Gasteiger partial charge is 0.253 e. The Hall–Kier alpha value is -1.55. The van der Waals surface area contributed by atoms with Gasteiger partial charge in [-0.1, -0.05) is 13.0 Å². The van der Waals surface area contributed by atoms with Gasteiger partial charge >= 0.3 is 0 Å². The van der Waals surface area contributed by atoms with Crippen LogP contribution in [0.3, 0.4) is 0 Å². The van der Waals surface area contributed by atoms with Crippen molar-refractivity contribution in [3.05, 3.63) is 29.8 Å². The Kier molecular flexibility index (Phi) is 5.65. The molecule has 1 unspecified atom stereocenters. The van der Waals surface area contributed by atoms with Gasteiger partial charge in [0.2, 0.25) is 0 Å². The molecule has 0 heterocycles. The van der Waals surface area contributed by atoms with E-state index in [2.05, 4.69) is 0 Å². The zero-order valence-corrected chi connectivity index (χ0v) is 11.2. The summed E-state index contributed by atoms with van der Waals surface area (Å²) in [5.41, 5.74) is 0.576. The first-order valence-electron chi connectivity index (χ1n) is 6.21. The lowest BCUT2D eigenvalue weighted by Gasteiger charge is -2.19. The number of aliphatic hydroxyl groups excluding tert-OH is 1. The number of amides is 1. The van der Waals surface area contributed by atoms with Gasteiger partial charge in [0, 0.05) is 19.2 Å². The SMILES string of the molecule is CCCOc1cccc(C(=O)N(C)CC(C)O)c1. The van der Waals surface area contributed by atoms with Crippen molar-refractivity contribution < 1.29 is 14.6 Å². The van der Waals surface area contributed by atoms with Crippen molar-refractivity contribution in [2.45, 2.75) is 26.4 Å². The molecule has 1 N–H and O–H groups in total. The number of carbonyl (C=O) groups is 1. The molecule has 0 saturated heterocycles.